The highest BCUT2D eigenvalue weighted by Crippen LogP contribution is 2.26. The van der Waals surface area contributed by atoms with Crippen LogP contribution in [-0.4, -0.2) is 34.0 Å². The van der Waals surface area contributed by atoms with Gasteiger partial charge in [0.15, 0.2) is 0 Å². The van der Waals surface area contributed by atoms with E-state index < -0.39 is 22.5 Å². The van der Waals surface area contributed by atoms with Gasteiger partial charge in [-0.25, -0.2) is 8.42 Å². The number of anilines is 1. The van der Waals surface area contributed by atoms with Gasteiger partial charge >= 0.3 is 0 Å². The third kappa shape index (κ3) is 6.87. The topological polar surface area (TPSA) is 75.7 Å². The van der Waals surface area contributed by atoms with Gasteiger partial charge in [-0.05, 0) is 66.6 Å². The molecule has 1 amide bonds. The third-order valence-electron chi connectivity index (χ3n) is 4.81. The zero-order valence-electron chi connectivity index (χ0n) is 18.0. The largest absolute Gasteiger partial charge is 0.492 e. The highest BCUT2D eigenvalue weighted by atomic mass is 35.5. The molecule has 0 radical (unpaired) electrons. The van der Waals surface area contributed by atoms with Crippen molar-refractivity contribution in [2.75, 3.05) is 24.0 Å². The van der Waals surface area contributed by atoms with Crippen LogP contribution in [0.4, 0.5) is 5.69 Å². The van der Waals surface area contributed by atoms with Crippen LogP contribution in [-0.2, 0) is 21.2 Å². The third-order valence-corrected chi connectivity index (χ3v) is 7.08. The van der Waals surface area contributed by atoms with Gasteiger partial charge in [-0.3, -0.25) is 9.10 Å². The number of nitrogens with zero attached hydrogens (tertiary/aromatic N) is 1. The molecular formula is C24H24Cl2N2O4S. The molecule has 0 aliphatic rings. The van der Waals surface area contributed by atoms with Gasteiger partial charge in [0.05, 0.1) is 17.1 Å². The van der Waals surface area contributed by atoms with Crippen molar-refractivity contribution in [2.45, 2.75) is 18.2 Å². The van der Waals surface area contributed by atoms with Crippen LogP contribution >= 0.6 is 23.2 Å². The van der Waals surface area contributed by atoms with E-state index >= 15 is 0 Å². The summed E-state index contributed by atoms with van der Waals surface area (Å²) in [5, 5.41) is 3.46. The second-order valence-corrected chi connectivity index (χ2v) is 9.88. The van der Waals surface area contributed by atoms with Crippen molar-refractivity contribution in [1.82, 2.24) is 5.32 Å². The number of carbonyl (C=O) groups excluding carboxylic acids is 1. The number of benzene rings is 3. The lowest BCUT2D eigenvalue weighted by atomic mass is 10.2. The molecule has 0 spiro atoms. The fourth-order valence-electron chi connectivity index (χ4n) is 3.05. The predicted octanol–water partition coefficient (Wildman–Crippen LogP) is 4.95. The number of hydrogen-bond donors (Lipinski definition) is 1. The van der Waals surface area contributed by atoms with Crippen molar-refractivity contribution >= 4 is 44.8 Å². The number of amides is 1. The number of carbonyl (C=O) groups is 1. The number of nitrogens with one attached hydrogen (secondary N) is 1. The summed E-state index contributed by atoms with van der Waals surface area (Å²) in [4.78, 5) is 12.6. The molecule has 3 aromatic rings. The maximum Gasteiger partial charge on any atom is 0.264 e. The summed E-state index contributed by atoms with van der Waals surface area (Å²) in [6.45, 7) is 2.12. The SMILES string of the molecule is CCc1ccc(OCCNC(=O)CN(c2cccc(Cl)c2)S(=O)(=O)c2ccc(Cl)cc2)cc1. The molecule has 3 aromatic carbocycles. The maximum atomic E-state index is 13.3. The smallest absolute Gasteiger partial charge is 0.264 e. The normalized spacial score (nSPS) is 11.1. The molecule has 9 heteroatoms. The Morgan fingerprint density at radius 2 is 1.67 bits per heavy atom. The quantitative estimate of drug-likeness (QED) is 0.394. The Kier molecular flexibility index (Phi) is 8.61. The Bertz CT molecular complexity index is 1180. The summed E-state index contributed by atoms with van der Waals surface area (Å²) in [6.07, 6.45) is 0.943. The van der Waals surface area contributed by atoms with Crippen molar-refractivity contribution in [3.8, 4) is 5.75 Å². The minimum Gasteiger partial charge on any atom is -0.492 e. The van der Waals surface area contributed by atoms with Crippen molar-refractivity contribution < 1.29 is 17.9 Å². The van der Waals surface area contributed by atoms with Gasteiger partial charge in [-0.2, -0.15) is 0 Å². The molecule has 3 rings (SSSR count). The molecule has 1 N–H and O–H groups in total. The molecule has 0 unspecified atom stereocenters. The van der Waals surface area contributed by atoms with Gasteiger partial charge < -0.3 is 10.1 Å². The number of ether oxygens (including phenoxy) is 1. The summed E-state index contributed by atoms with van der Waals surface area (Å²) in [5.74, 6) is 0.227. The van der Waals surface area contributed by atoms with Crippen molar-refractivity contribution in [1.29, 1.82) is 0 Å². The predicted molar refractivity (Wildman–Crippen MR) is 132 cm³/mol. The molecule has 0 bridgehead atoms. The van der Waals surface area contributed by atoms with E-state index in [1.165, 1.54) is 35.9 Å². The number of hydrogen-bond acceptors (Lipinski definition) is 4. The minimum atomic E-state index is -4.04. The van der Waals surface area contributed by atoms with Crippen LogP contribution in [0.2, 0.25) is 10.0 Å². The van der Waals surface area contributed by atoms with Crippen LogP contribution in [0.25, 0.3) is 0 Å². The molecular weight excluding hydrogens is 483 g/mol. The lowest BCUT2D eigenvalue weighted by molar-refractivity contribution is -0.119. The zero-order valence-corrected chi connectivity index (χ0v) is 20.3. The van der Waals surface area contributed by atoms with Gasteiger partial charge in [0.25, 0.3) is 10.0 Å². The highest BCUT2D eigenvalue weighted by Gasteiger charge is 2.27. The van der Waals surface area contributed by atoms with Crippen LogP contribution in [0.1, 0.15) is 12.5 Å². The van der Waals surface area contributed by atoms with Gasteiger partial charge in [0.1, 0.15) is 18.9 Å². The van der Waals surface area contributed by atoms with E-state index in [2.05, 4.69) is 12.2 Å². The van der Waals surface area contributed by atoms with E-state index in [9.17, 15) is 13.2 Å². The van der Waals surface area contributed by atoms with Crippen LogP contribution in [0, 0.1) is 0 Å². The van der Waals surface area contributed by atoms with E-state index in [4.69, 9.17) is 27.9 Å². The molecule has 0 saturated heterocycles. The van der Waals surface area contributed by atoms with Crippen LogP contribution < -0.4 is 14.4 Å². The average molecular weight is 507 g/mol. The molecule has 0 aliphatic carbocycles. The molecule has 0 heterocycles. The van der Waals surface area contributed by atoms with E-state index in [1.54, 1.807) is 18.2 Å². The number of sulfonamides is 1. The number of rotatable bonds is 10. The molecule has 0 saturated carbocycles. The summed E-state index contributed by atoms with van der Waals surface area (Å²) in [7, 11) is -4.04. The second kappa shape index (κ2) is 11.4. The van der Waals surface area contributed by atoms with Crippen LogP contribution in [0.5, 0.6) is 5.75 Å². The van der Waals surface area contributed by atoms with E-state index in [0.717, 1.165) is 10.7 Å². The Morgan fingerprint density at radius 1 is 0.970 bits per heavy atom. The minimum absolute atomic E-state index is 0.0125. The van der Waals surface area contributed by atoms with Crippen molar-refractivity contribution in [3.05, 3.63) is 88.4 Å². The maximum absolute atomic E-state index is 13.3. The van der Waals surface area contributed by atoms with Crippen LogP contribution in [0.3, 0.4) is 0 Å². The lowest BCUT2D eigenvalue weighted by Gasteiger charge is -2.24. The zero-order chi connectivity index (χ0) is 23.8. The van der Waals surface area contributed by atoms with Gasteiger partial charge in [-0.1, -0.05) is 48.3 Å². The molecule has 6 nitrogen and oxygen atoms in total. The van der Waals surface area contributed by atoms with E-state index in [-0.39, 0.29) is 23.7 Å². The van der Waals surface area contributed by atoms with E-state index in [1.807, 2.05) is 24.3 Å². The lowest BCUT2D eigenvalue weighted by Crippen LogP contribution is -2.41. The first-order chi connectivity index (χ1) is 15.8. The highest BCUT2D eigenvalue weighted by molar-refractivity contribution is 7.92. The first-order valence-corrected chi connectivity index (χ1v) is 12.5. The Hall–Kier alpha value is -2.74. The fourth-order valence-corrected chi connectivity index (χ4v) is 4.77. The Morgan fingerprint density at radius 3 is 2.30 bits per heavy atom. The molecule has 174 valence electrons. The first kappa shape index (κ1) is 24.9. The van der Waals surface area contributed by atoms with Gasteiger partial charge in [0.2, 0.25) is 5.91 Å². The van der Waals surface area contributed by atoms with Crippen molar-refractivity contribution in [3.63, 3.8) is 0 Å². The average Bonchev–Trinajstić information content (AvgIpc) is 2.81. The Balaban J connectivity index is 1.68. The number of aryl methyl sites for hydroxylation is 1. The standard InChI is InChI=1S/C24H24Cl2N2O4S/c1-2-18-6-10-22(11-7-18)32-15-14-27-24(29)17-28(21-5-3-4-20(26)16-21)33(30,31)23-12-8-19(25)9-13-23/h3-13,16H,2,14-15,17H2,1H3,(H,27,29). The molecule has 33 heavy (non-hydrogen) atoms. The van der Waals surface area contributed by atoms with E-state index in [0.29, 0.717) is 15.8 Å². The van der Waals surface area contributed by atoms with Gasteiger partial charge in [-0.15, -0.1) is 0 Å². The van der Waals surface area contributed by atoms with Crippen LogP contribution in [0.15, 0.2) is 77.7 Å². The summed E-state index contributed by atoms with van der Waals surface area (Å²) in [6, 6.07) is 19.8. The number of halogens is 2. The molecule has 0 aliphatic heterocycles. The summed E-state index contributed by atoms with van der Waals surface area (Å²) >= 11 is 12.0. The molecule has 0 atom stereocenters. The second-order valence-electron chi connectivity index (χ2n) is 7.14. The molecule has 0 fully saturated rings. The molecule has 0 aromatic heterocycles. The fraction of sp³-hybridized carbons (Fsp3) is 0.208. The monoisotopic (exact) mass is 506 g/mol. The summed E-state index contributed by atoms with van der Waals surface area (Å²) in [5.41, 5.74) is 1.48. The van der Waals surface area contributed by atoms with Crippen molar-refractivity contribution in [2.24, 2.45) is 0 Å². The first-order valence-electron chi connectivity index (χ1n) is 10.3. The van der Waals surface area contributed by atoms with Gasteiger partial charge in [0, 0.05) is 10.0 Å². The summed E-state index contributed by atoms with van der Waals surface area (Å²) < 4.78 is 33.2. The Labute approximate surface area is 204 Å².